The Balaban J connectivity index is 2.15. The zero-order valence-electron chi connectivity index (χ0n) is 12.4. The lowest BCUT2D eigenvalue weighted by Crippen LogP contribution is -2.09. The van der Waals surface area contributed by atoms with Crippen molar-refractivity contribution in [3.63, 3.8) is 0 Å². The van der Waals surface area contributed by atoms with Gasteiger partial charge in [0.2, 0.25) is 5.91 Å². The minimum absolute atomic E-state index is 0.0552. The Hall–Kier alpha value is -1.81. The van der Waals surface area contributed by atoms with E-state index in [-0.39, 0.29) is 11.9 Å². The molecule has 1 atom stereocenters. The lowest BCUT2D eigenvalue weighted by Gasteiger charge is -2.18. The zero-order chi connectivity index (χ0) is 15.4. The first kappa shape index (κ1) is 15.6. The minimum atomic E-state index is -0.0552. The van der Waals surface area contributed by atoms with Crippen molar-refractivity contribution in [3.8, 4) is 0 Å². The fraction of sp³-hybridized carbons (Fsp3) is 0.235. The van der Waals surface area contributed by atoms with Crippen molar-refractivity contribution in [3.05, 3.63) is 58.1 Å². The van der Waals surface area contributed by atoms with Crippen LogP contribution in [0.4, 0.5) is 11.4 Å². The number of amides is 1. The molecule has 0 aliphatic heterocycles. The van der Waals surface area contributed by atoms with E-state index in [4.69, 9.17) is 0 Å². The topological polar surface area (TPSA) is 41.1 Å². The molecule has 0 heterocycles. The summed E-state index contributed by atoms with van der Waals surface area (Å²) in [6.45, 7) is 5.62. The highest BCUT2D eigenvalue weighted by Crippen LogP contribution is 2.27. The van der Waals surface area contributed by atoms with E-state index in [1.165, 1.54) is 12.5 Å². The lowest BCUT2D eigenvalue weighted by molar-refractivity contribution is -0.114. The zero-order valence-corrected chi connectivity index (χ0v) is 14.0. The summed E-state index contributed by atoms with van der Waals surface area (Å²) in [6.07, 6.45) is 0. The van der Waals surface area contributed by atoms with E-state index in [0.717, 1.165) is 21.4 Å². The number of aryl methyl sites for hydroxylation is 1. The first-order chi connectivity index (χ1) is 9.97. The average molecular weight is 347 g/mol. The van der Waals surface area contributed by atoms with Crippen LogP contribution in [0.1, 0.15) is 31.0 Å². The van der Waals surface area contributed by atoms with Gasteiger partial charge in [-0.25, -0.2) is 0 Å². The van der Waals surface area contributed by atoms with E-state index in [2.05, 4.69) is 39.6 Å². The normalized spacial score (nSPS) is 11.8. The van der Waals surface area contributed by atoms with Crippen LogP contribution in [0.15, 0.2) is 46.9 Å². The smallest absolute Gasteiger partial charge is 0.221 e. The molecular formula is C17H19BrN2O. The lowest BCUT2D eigenvalue weighted by atomic mass is 10.1. The van der Waals surface area contributed by atoms with Crippen LogP contribution in [0.25, 0.3) is 0 Å². The van der Waals surface area contributed by atoms with Crippen LogP contribution in [0.5, 0.6) is 0 Å². The molecule has 0 radical (unpaired) electrons. The van der Waals surface area contributed by atoms with Crippen molar-refractivity contribution in [1.82, 2.24) is 0 Å². The Labute approximate surface area is 133 Å². The van der Waals surface area contributed by atoms with Crippen molar-refractivity contribution in [1.29, 1.82) is 0 Å². The van der Waals surface area contributed by atoms with E-state index in [1.807, 2.05) is 43.3 Å². The molecule has 0 saturated carbocycles. The highest BCUT2D eigenvalue weighted by molar-refractivity contribution is 9.10. The number of carbonyl (C=O) groups excluding carboxylic acids is 1. The van der Waals surface area contributed by atoms with E-state index >= 15 is 0 Å². The van der Waals surface area contributed by atoms with Gasteiger partial charge in [-0.1, -0.05) is 34.1 Å². The summed E-state index contributed by atoms with van der Waals surface area (Å²) in [5, 5.41) is 6.30. The minimum Gasteiger partial charge on any atom is -0.378 e. The van der Waals surface area contributed by atoms with Gasteiger partial charge in [-0.2, -0.15) is 0 Å². The molecule has 2 N–H and O–H groups in total. The van der Waals surface area contributed by atoms with E-state index in [9.17, 15) is 4.79 Å². The molecule has 2 aromatic rings. The van der Waals surface area contributed by atoms with Gasteiger partial charge in [-0.05, 0) is 49.2 Å². The summed E-state index contributed by atoms with van der Waals surface area (Å²) < 4.78 is 1.09. The molecule has 0 aliphatic rings. The second kappa shape index (κ2) is 6.76. The predicted molar refractivity (Wildman–Crippen MR) is 91.7 cm³/mol. The van der Waals surface area contributed by atoms with Gasteiger partial charge < -0.3 is 10.6 Å². The molecule has 0 spiro atoms. The van der Waals surface area contributed by atoms with Crippen LogP contribution < -0.4 is 10.6 Å². The maximum Gasteiger partial charge on any atom is 0.221 e. The van der Waals surface area contributed by atoms with E-state index < -0.39 is 0 Å². The van der Waals surface area contributed by atoms with Gasteiger partial charge in [0.05, 0.1) is 0 Å². The van der Waals surface area contributed by atoms with Gasteiger partial charge in [0.1, 0.15) is 0 Å². The van der Waals surface area contributed by atoms with Crippen molar-refractivity contribution < 1.29 is 4.79 Å². The van der Waals surface area contributed by atoms with Gasteiger partial charge >= 0.3 is 0 Å². The van der Waals surface area contributed by atoms with Crippen molar-refractivity contribution in [2.45, 2.75) is 26.8 Å². The van der Waals surface area contributed by atoms with Crippen LogP contribution in [-0.2, 0) is 4.79 Å². The number of anilines is 2. The number of halogens is 1. The second-order valence-corrected chi connectivity index (χ2v) is 5.95. The summed E-state index contributed by atoms with van der Waals surface area (Å²) in [4.78, 5) is 11.1. The third kappa shape index (κ3) is 4.08. The van der Waals surface area contributed by atoms with Gasteiger partial charge in [-0.3, -0.25) is 4.79 Å². The molecule has 21 heavy (non-hydrogen) atoms. The number of benzene rings is 2. The van der Waals surface area contributed by atoms with Crippen LogP contribution >= 0.6 is 15.9 Å². The molecule has 1 unspecified atom stereocenters. The highest BCUT2D eigenvalue weighted by atomic mass is 79.9. The molecule has 0 saturated heterocycles. The third-order valence-corrected chi connectivity index (χ3v) is 4.01. The van der Waals surface area contributed by atoms with E-state index in [0.29, 0.717) is 0 Å². The monoisotopic (exact) mass is 346 g/mol. The molecule has 0 aliphatic carbocycles. The first-order valence-corrected chi connectivity index (χ1v) is 7.66. The Kier molecular flexibility index (Phi) is 5.02. The highest BCUT2D eigenvalue weighted by Gasteiger charge is 2.09. The molecule has 1 amide bonds. The predicted octanol–water partition coefficient (Wildman–Crippen LogP) is 4.89. The summed E-state index contributed by atoms with van der Waals surface area (Å²) in [6, 6.07) is 14.3. The number of hydrogen-bond acceptors (Lipinski definition) is 2. The fourth-order valence-electron chi connectivity index (χ4n) is 2.24. The summed E-state index contributed by atoms with van der Waals surface area (Å²) in [5.41, 5.74) is 4.13. The van der Waals surface area contributed by atoms with Gasteiger partial charge in [0.25, 0.3) is 0 Å². The van der Waals surface area contributed by atoms with Crippen LogP contribution in [0, 0.1) is 6.92 Å². The van der Waals surface area contributed by atoms with Crippen LogP contribution in [0.2, 0.25) is 0 Å². The quantitative estimate of drug-likeness (QED) is 0.827. The van der Waals surface area contributed by atoms with Crippen LogP contribution in [0.3, 0.4) is 0 Å². The number of carbonyl (C=O) groups is 1. The van der Waals surface area contributed by atoms with Crippen molar-refractivity contribution >= 4 is 33.2 Å². The molecule has 110 valence electrons. The largest absolute Gasteiger partial charge is 0.378 e. The molecule has 0 aromatic heterocycles. The van der Waals surface area contributed by atoms with Crippen molar-refractivity contribution in [2.75, 3.05) is 10.6 Å². The standard InChI is InChI=1S/C17H19BrN2O/c1-11-10-14(8-9-17(11)20-13(3)21)19-12(2)15-6-4-5-7-16(15)18/h4-10,12,19H,1-3H3,(H,20,21). The van der Waals surface area contributed by atoms with Gasteiger partial charge in [-0.15, -0.1) is 0 Å². The molecule has 2 aromatic carbocycles. The molecule has 4 heteroatoms. The SMILES string of the molecule is CC(=O)Nc1ccc(NC(C)c2ccccc2Br)cc1C. The second-order valence-electron chi connectivity index (χ2n) is 5.10. The molecule has 0 bridgehead atoms. The first-order valence-electron chi connectivity index (χ1n) is 6.86. The maximum absolute atomic E-state index is 11.1. The third-order valence-electron chi connectivity index (χ3n) is 3.29. The van der Waals surface area contributed by atoms with E-state index in [1.54, 1.807) is 0 Å². The Morgan fingerprint density at radius 1 is 1.19 bits per heavy atom. The number of nitrogens with one attached hydrogen (secondary N) is 2. The summed E-state index contributed by atoms with van der Waals surface area (Å²) in [5.74, 6) is -0.0552. The molecule has 3 nitrogen and oxygen atoms in total. The summed E-state index contributed by atoms with van der Waals surface area (Å²) >= 11 is 3.58. The number of rotatable bonds is 4. The maximum atomic E-state index is 11.1. The average Bonchev–Trinajstić information content (AvgIpc) is 2.42. The Morgan fingerprint density at radius 3 is 2.52 bits per heavy atom. The Morgan fingerprint density at radius 2 is 1.90 bits per heavy atom. The Bertz CT molecular complexity index is 655. The van der Waals surface area contributed by atoms with Gasteiger partial charge in [0.15, 0.2) is 0 Å². The molecule has 0 fully saturated rings. The molecular weight excluding hydrogens is 328 g/mol. The van der Waals surface area contributed by atoms with Gasteiger partial charge in [0, 0.05) is 28.8 Å². The van der Waals surface area contributed by atoms with Crippen LogP contribution in [-0.4, -0.2) is 5.91 Å². The summed E-state index contributed by atoms with van der Waals surface area (Å²) in [7, 11) is 0. The van der Waals surface area contributed by atoms with Crippen molar-refractivity contribution in [2.24, 2.45) is 0 Å². The fourth-order valence-corrected chi connectivity index (χ4v) is 2.87. The molecule has 2 rings (SSSR count). The number of hydrogen-bond donors (Lipinski definition) is 2.